The summed E-state index contributed by atoms with van der Waals surface area (Å²) in [6.07, 6.45) is -4.46. The Morgan fingerprint density at radius 2 is 1.78 bits per heavy atom. The molecule has 1 aromatic heterocycles. The average molecular weight is 381 g/mol. The number of H-pyrrole nitrogens is 2. The van der Waals surface area contributed by atoms with Gasteiger partial charge in [0.05, 0.1) is 28.8 Å². The zero-order valence-corrected chi connectivity index (χ0v) is 14.3. The molecular formula is C17H18F3N5O2. The highest BCUT2D eigenvalue weighted by Crippen LogP contribution is 2.36. The number of hydrogen-bond donors (Lipinski definition) is 4. The maximum atomic E-state index is 12.8. The number of azo groups is 1. The molecule has 27 heavy (non-hydrogen) atoms. The van der Waals surface area contributed by atoms with Crippen LogP contribution in [0.5, 0.6) is 0 Å². The van der Waals surface area contributed by atoms with E-state index < -0.39 is 11.7 Å². The van der Waals surface area contributed by atoms with Crippen LogP contribution in [-0.2, 0) is 6.18 Å². The van der Waals surface area contributed by atoms with Gasteiger partial charge in [-0.2, -0.15) is 23.4 Å². The first-order chi connectivity index (χ1) is 12.9. The molecule has 144 valence electrons. The summed E-state index contributed by atoms with van der Waals surface area (Å²) in [5, 5.41) is 17.5. The van der Waals surface area contributed by atoms with E-state index in [-0.39, 0.29) is 17.9 Å². The summed E-state index contributed by atoms with van der Waals surface area (Å²) in [6.45, 7) is 0.589. The van der Waals surface area contributed by atoms with Crippen LogP contribution in [0.15, 0.2) is 57.5 Å². The number of alkyl halides is 3. The molecule has 0 saturated carbocycles. The topological polar surface area (TPSA) is 106 Å². The van der Waals surface area contributed by atoms with Crippen molar-refractivity contribution in [2.24, 2.45) is 10.2 Å². The monoisotopic (exact) mass is 381 g/mol. The molecular weight excluding hydrogens is 363 g/mol. The van der Waals surface area contributed by atoms with E-state index >= 15 is 0 Å². The van der Waals surface area contributed by atoms with E-state index in [1.54, 1.807) is 18.2 Å². The predicted molar refractivity (Wildman–Crippen MR) is 96.4 cm³/mol. The fourth-order valence-corrected chi connectivity index (χ4v) is 2.32. The molecule has 0 bridgehead atoms. The number of fused-ring (bicyclic) bond motifs is 1. The van der Waals surface area contributed by atoms with Crippen molar-refractivity contribution in [3.63, 3.8) is 0 Å². The Morgan fingerprint density at radius 1 is 1.07 bits per heavy atom. The lowest BCUT2D eigenvalue weighted by molar-refractivity contribution is -0.137. The van der Waals surface area contributed by atoms with Gasteiger partial charge in [0, 0.05) is 19.3 Å². The molecule has 1 heterocycles. The number of hydrogen-bond acceptors (Lipinski definition) is 5. The molecule has 0 fully saturated rings. The third-order valence-electron chi connectivity index (χ3n) is 3.44. The van der Waals surface area contributed by atoms with Gasteiger partial charge in [-0.1, -0.05) is 12.1 Å². The molecule has 0 atom stereocenters. The van der Waals surface area contributed by atoms with Crippen molar-refractivity contribution in [3.8, 4) is 0 Å². The van der Waals surface area contributed by atoms with Crippen LogP contribution >= 0.6 is 0 Å². The van der Waals surface area contributed by atoms with Gasteiger partial charge >= 0.3 is 11.9 Å². The predicted octanol–water partition coefficient (Wildman–Crippen LogP) is 3.68. The lowest BCUT2D eigenvalue weighted by atomic mass is 10.2. The normalized spacial score (nSPS) is 11.4. The second-order valence-electron chi connectivity index (χ2n) is 5.25. The molecule has 0 radical (unpaired) electrons. The zero-order valence-electron chi connectivity index (χ0n) is 14.3. The highest BCUT2D eigenvalue weighted by Gasteiger charge is 2.33. The first-order valence-electron chi connectivity index (χ1n) is 7.88. The smallest absolute Gasteiger partial charge is 0.400 e. The Bertz CT molecular complexity index is 963. The molecule has 0 amide bonds. The highest BCUT2D eigenvalue weighted by molar-refractivity contribution is 5.78. The van der Waals surface area contributed by atoms with Crippen LogP contribution in [0.25, 0.3) is 11.0 Å². The number of benzene rings is 2. The third kappa shape index (κ3) is 5.42. The minimum Gasteiger partial charge on any atom is -0.400 e. The van der Waals surface area contributed by atoms with E-state index in [1.807, 2.05) is 0 Å². The molecule has 10 heteroatoms. The first kappa shape index (κ1) is 20.2. The summed E-state index contributed by atoms with van der Waals surface area (Å²) in [5.41, 5.74) is 0.808. The van der Waals surface area contributed by atoms with Gasteiger partial charge in [-0.05, 0) is 30.3 Å². The van der Waals surface area contributed by atoms with Crippen molar-refractivity contribution in [2.45, 2.75) is 6.18 Å². The molecule has 0 aliphatic heterocycles. The van der Waals surface area contributed by atoms with Gasteiger partial charge in [0.1, 0.15) is 0 Å². The molecule has 2 aromatic carbocycles. The number of aliphatic hydroxyl groups excluding tert-OH is 1. The van der Waals surface area contributed by atoms with E-state index in [4.69, 9.17) is 5.11 Å². The number of aromatic nitrogens is 2. The number of nitrogens with one attached hydrogen (secondary N) is 3. The van der Waals surface area contributed by atoms with Crippen molar-refractivity contribution in [2.75, 3.05) is 25.5 Å². The average Bonchev–Trinajstić information content (AvgIpc) is 3.02. The van der Waals surface area contributed by atoms with Crippen molar-refractivity contribution in [3.05, 3.63) is 58.5 Å². The Labute approximate surface area is 152 Å². The summed E-state index contributed by atoms with van der Waals surface area (Å²) < 4.78 is 38.5. The summed E-state index contributed by atoms with van der Waals surface area (Å²) in [5.74, 6) is 0. The lowest BCUT2D eigenvalue weighted by Crippen LogP contribution is -2.05. The highest BCUT2D eigenvalue weighted by atomic mass is 19.4. The number of aromatic amines is 2. The van der Waals surface area contributed by atoms with Gasteiger partial charge in [0.25, 0.3) is 0 Å². The van der Waals surface area contributed by atoms with Gasteiger partial charge in [-0.25, -0.2) is 4.79 Å². The van der Waals surface area contributed by atoms with Crippen LogP contribution in [0, 0.1) is 0 Å². The Kier molecular flexibility index (Phi) is 6.72. The van der Waals surface area contributed by atoms with Crippen LogP contribution in [0.1, 0.15) is 5.56 Å². The number of imidazole rings is 1. The van der Waals surface area contributed by atoms with E-state index in [2.05, 4.69) is 25.5 Å². The minimum absolute atomic E-state index is 0.202. The van der Waals surface area contributed by atoms with Gasteiger partial charge in [-0.3, -0.25) is 0 Å². The van der Waals surface area contributed by atoms with Crippen molar-refractivity contribution >= 4 is 22.4 Å². The summed E-state index contributed by atoms with van der Waals surface area (Å²) in [7, 11) is 1.00. The second kappa shape index (κ2) is 8.99. The summed E-state index contributed by atoms with van der Waals surface area (Å²) in [4.78, 5) is 16.5. The third-order valence-corrected chi connectivity index (χ3v) is 3.44. The minimum atomic E-state index is -4.46. The SMILES string of the molecule is CO.O=c1[nH]c2ccc(NCCN=Nc3ccccc3C(F)(F)F)cc2[nH]1. The lowest BCUT2D eigenvalue weighted by Gasteiger charge is -2.08. The van der Waals surface area contributed by atoms with E-state index in [1.165, 1.54) is 18.2 Å². The Morgan fingerprint density at radius 3 is 2.52 bits per heavy atom. The summed E-state index contributed by atoms with van der Waals surface area (Å²) in [6, 6.07) is 10.3. The van der Waals surface area contributed by atoms with Gasteiger partial charge in [-0.15, -0.1) is 0 Å². The number of anilines is 1. The molecule has 0 saturated heterocycles. The number of rotatable bonds is 5. The molecule has 0 aliphatic rings. The van der Waals surface area contributed by atoms with Crippen molar-refractivity contribution in [1.29, 1.82) is 0 Å². The largest absolute Gasteiger partial charge is 0.418 e. The second-order valence-corrected chi connectivity index (χ2v) is 5.25. The first-order valence-corrected chi connectivity index (χ1v) is 7.88. The summed E-state index contributed by atoms with van der Waals surface area (Å²) >= 11 is 0. The zero-order chi connectivity index (χ0) is 19.9. The van der Waals surface area contributed by atoms with Gasteiger partial charge < -0.3 is 20.4 Å². The number of nitrogens with zero attached hydrogens (tertiary/aromatic N) is 2. The van der Waals surface area contributed by atoms with E-state index in [9.17, 15) is 18.0 Å². The molecule has 4 N–H and O–H groups in total. The van der Waals surface area contributed by atoms with Crippen molar-refractivity contribution in [1.82, 2.24) is 9.97 Å². The molecule has 0 unspecified atom stereocenters. The van der Waals surface area contributed by atoms with Crippen LogP contribution in [-0.4, -0.2) is 35.3 Å². The Balaban J connectivity index is 0.00000126. The van der Waals surface area contributed by atoms with Crippen LogP contribution < -0.4 is 11.0 Å². The molecule has 3 rings (SSSR count). The maximum Gasteiger partial charge on any atom is 0.418 e. The molecule has 3 aromatic rings. The van der Waals surface area contributed by atoms with Gasteiger partial charge in [0.2, 0.25) is 0 Å². The van der Waals surface area contributed by atoms with Crippen molar-refractivity contribution < 1.29 is 18.3 Å². The van der Waals surface area contributed by atoms with E-state index in [0.29, 0.717) is 17.6 Å². The van der Waals surface area contributed by atoms with Crippen LogP contribution in [0.4, 0.5) is 24.5 Å². The maximum absolute atomic E-state index is 12.8. The molecule has 0 aliphatic carbocycles. The Hall–Kier alpha value is -3.14. The molecule has 7 nitrogen and oxygen atoms in total. The van der Waals surface area contributed by atoms with Crippen LogP contribution in [0.2, 0.25) is 0 Å². The van der Waals surface area contributed by atoms with Gasteiger partial charge in [0.15, 0.2) is 0 Å². The van der Waals surface area contributed by atoms with E-state index in [0.717, 1.165) is 18.9 Å². The van der Waals surface area contributed by atoms with Crippen LogP contribution in [0.3, 0.4) is 0 Å². The molecule has 0 spiro atoms. The number of aliphatic hydroxyl groups is 1. The fraction of sp³-hybridized carbons (Fsp3) is 0.235. The standard InChI is InChI=1S/C16H14F3N5O.CH4O/c17-16(18,19)11-3-1-2-4-12(11)24-21-8-7-20-10-5-6-13-14(9-10)23-15(25)22-13;1-2/h1-6,9,20H,7-8H2,(H2,22,23,25);2H,1H3. The number of halogens is 3. The quantitative estimate of drug-likeness (QED) is 0.400. The fourth-order valence-electron chi connectivity index (χ4n) is 2.32.